The molecular formula is C23H23FN4O2. The van der Waals surface area contributed by atoms with Gasteiger partial charge in [-0.25, -0.2) is 9.18 Å². The fraction of sp³-hybridized carbons (Fsp3) is 0.261. The van der Waals surface area contributed by atoms with E-state index in [-0.39, 0.29) is 17.8 Å². The fourth-order valence-electron chi connectivity index (χ4n) is 4.10. The smallest absolute Gasteiger partial charge is 0.323 e. The molecule has 0 bridgehead atoms. The lowest BCUT2D eigenvalue weighted by Gasteiger charge is -2.26. The number of amides is 3. The number of hydrogen-bond donors (Lipinski definition) is 0. The molecule has 1 aliphatic heterocycles. The van der Waals surface area contributed by atoms with Crippen molar-refractivity contribution in [3.63, 3.8) is 0 Å². The van der Waals surface area contributed by atoms with Crippen LogP contribution in [0.2, 0.25) is 0 Å². The van der Waals surface area contributed by atoms with Crippen LogP contribution in [0.25, 0.3) is 10.9 Å². The predicted molar refractivity (Wildman–Crippen MR) is 114 cm³/mol. The zero-order valence-electron chi connectivity index (χ0n) is 17.4. The molecule has 0 atom stereocenters. The molecule has 154 valence electrons. The minimum atomic E-state index is -0.311. The van der Waals surface area contributed by atoms with Gasteiger partial charge in [0, 0.05) is 51.4 Å². The number of carbonyl (C=O) groups is 2. The molecule has 6 nitrogen and oxygen atoms in total. The number of urea groups is 1. The van der Waals surface area contributed by atoms with Gasteiger partial charge in [0.1, 0.15) is 5.82 Å². The lowest BCUT2D eigenvalue weighted by Crippen LogP contribution is -2.37. The summed E-state index contributed by atoms with van der Waals surface area (Å²) < 4.78 is 13.3. The fourth-order valence-corrected chi connectivity index (χ4v) is 4.10. The van der Waals surface area contributed by atoms with E-state index in [2.05, 4.69) is 4.98 Å². The van der Waals surface area contributed by atoms with Gasteiger partial charge in [-0.2, -0.15) is 0 Å². The minimum absolute atomic E-state index is 0.105. The molecule has 3 aromatic rings. The Hall–Kier alpha value is -3.48. The normalized spacial score (nSPS) is 13.0. The highest BCUT2D eigenvalue weighted by atomic mass is 19.1. The SMILES string of the molecule is Cc1c2c(c(N(C)C(=O)N(C)C)c3cccnc13)CN(Cc1ccc(F)cc1)C2=O. The van der Waals surface area contributed by atoms with Gasteiger partial charge in [0.15, 0.2) is 0 Å². The van der Waals surface area contributed by atoms with Gasteiger partial charge in [0.2, 0.25) is 0 Å². The molecule has 0 unspecified atom stereocenters. The first-order valence-corrected chi connectivity index (χ1v) is 9.68. The summed E-state index contributed by atoms with van der Waals surface area (Å²) in [6.45, 7) is 2.63. The van der Waals surface area contributed by atoms with Gasteiger partial charge >= 0.3 is 6.03 Å². The second kappa shape index (κ2) is 7.40. The van der Waals surface area contributed by atoms with Crippen LogP contribution in [0, 0.1) is 12.7 Å². The Balaban J connectivity index is 1.85. The number of hydrogen-bond acceptors (Lipinski definition) is 3. The van der Waals surface area contributed by atoms with Gasteiger partial charge in [-0.05, 0) is 42.3 Å². The molecule has 0 saturated heterocycles. The summed E-state index contributed by atoms with van der Waals surface area (Å²) in [5.74, 6) is -0.416. The number of rotatable bonds is 3. The Morgan fingerprint density at radius 1 is 1.17 bits per heavy atom. The van der Waals surface area contributed by atoms with Crippen molar-refractivity contribution < 1.29 is 14.0 Å². The van der Waals surface area contributed by atoms with Gasteiger partial charge in [0.25, 0.3) is 5.91 Å². The Morgan fingerprint density at radius 2 is 1.87 bits per heavy atom. The Labute approximate surface area is 174 Å². The lowest BCUT2D eigenvalue weighted by molar-refractivity contribution is 0.0766. The second-order valence-electron chi connectivity index (χ2n) is 7.75. The topological polar surface area (TPSA) is 56.8 Å². The van der Waals surface area contributed by atoms with Crippen LogP contribution in [-0.4, -0.2) is 47.9 Å². The minimum Gasteiger partial charge on any atom is -0.330 e. The number of carbonyl (C=O) groups excluding carboxylic acids is 2. The quantitative estimate of drug-likeness (QED) is 0.662. The maximum atomic E-state index is 13.3. The molecule has 1 aromatic heterocycles. The van der Waals surface area contributed by atoms with Gasteiger partial charge in [-0.1, -0.05) is 12.1 Å². The standard InChI is InChI=1S/C23H23FN4O2/c1-14-19-18(13-28(22(19)29)12-15-7-9-16(24)10-8-15)21(27(4)23(30)26(2)3)17-6-5-11-25-20(14)17/h5-11H,12-13H2,1-4H3. The molecule has 4 rings (SSSR count). The number of pyridine rings is 1. The Kier molecular flexibility index (Phi) is 4.89. The summed E-state index contributed by atoms with van der Waals surface area (Å²) >= 11 is 0. The number of anilines is 1. The number of fused-ring (bicyclic) bond motifs is 2. The van der Waals surface area contributed by atoms with Crippen LogP contribution in [0.3, 0.4) is 0 Å². The number of aryl methyl sites for hydroxylation is 1. The van der Waals surface area contributed by atoms with Crippen molar-refractivity contribution >= 4 is 28.5 Å². The summed E-state index contributed by atoms with van der Waals surface area (Å²) in [6.07, 6.45) is 1.69. The van der Waals surface area contributed by atoms with Crippen molar-refractivity contribution in [2.75, 3.05) is 26.0 Å². The van der Waals surface area contributed by atoms with Crippen molar-refractivity contribution in [1.82, 2.24) is 14.8 Å². The van der Waals surface area contributed by atoms with E-state index in [0.717, 1.165) is 22.1 Å². The van der Waals surface area contributed by atoms with Crippen LogP contribution >= 0.6 is 0 Å². The monoisotopic (exact) mass is 406 g/mol. The maximum Gasteiger partial charge on any atom is 0.323 e. The largest absolute Gasteiger partial charge is 0.330 e. The molecule has 2 aromatic carbocycles. The first-order valence-electron chi connectivity index (χ1n) is 9.68. The number of aromatic nitrogens is 1. The molecule has 30 heavy (non-hydrogen) atoms. The summed E-state index contributed by atoms with van der Waals surface area (Å²) in [5, 5.41) is 0.836. The molecule has 3 amide bonds. The van der Waals surface area contributed by atoms with Crippen molar-refractivity contribution in [3.8, 4) is 0 Å². The average Bonchev–Trinajstić information content (AvgIpc) is 3.05. The van der Waals surface area contributed by atoms with E-state index >= 15 is 0 Å². The van der Waals surface area contributed by atoms with Crippen molar-refractivity contribution in [3.05, 3.63) is 70.7 Å². The van der Waals surface area contributed by atoms with E-state index in [9.17, 15) is 14.0 Å². The average molecular weight is 406 g/mol. The molecule has 0 radical (unpaired) electrons. The molecule has 0 saturated carbocycles. The van der Waals surface area contributed by atoms with Crippen LogP contribution in [0.1, 0.15) is 27.0 Å². The molecule has 0 fully saturated rings. The van der Waals surface area contributed by atoms with Gasteiger partial charge in [0.05, 0.1) is 16.8 Å². The number of nitrogens with zero attached hydrogens (tertiary/aromatic N) is 4. The van der Waals surface area contributed by atoms with E-state index in [1.807, 2.05) is 19.1 Å². The first kappa shape index (κ1) is 19.8. The Bertz CT molecular complexity index is 1160. The summed E-state index contributed by atoms with van der Waals surface area (Å²) in [6, 6.07) is 9.72. The van der Waals surface area contributed by atoms with E-state index < -0.39 is 0 Å². The number of benzene rings is 2. The zero-order chi connectivity index (χ0) is 21.6. The van der Waals surface area contributed by atoms with E-state index in [4.69, 9.17) is 0 Å². The van der Waals surface area contributed by atoms with Gasteiger partial charge < -0.3 is 9.80 Å². The van der Waals surface area contributed by atoms with Crippen LogP contribution < -0.4 is 4.90 Å². The van der Waals surface area contributed by atoms with Crippen LogP contribution in [-0.2, 0) is 13.1 Å². The van der Waals surface area contributed by atoms with E-state index in [1.165, 1.54) is 17.0 Å². The van der Waals surface area contributed by atoms with E-state index in [0.29, 0.717) is 29.9 Å². The lowest BCUT2D eigenvalue weighted by atomic mass is 9.96. The molecule has 0 N–H and O–H groups in total. The first-order chi connectivity index (χ1) is 14.3. The molecule has 0 spiro atoms. The molecule has 0 aliphatic carbocycles. The Morgan fingerprint density at radius 3 is 2.53 bits per heavy atom. The van der Waals surface area contributed by atoms with Crippen molar-refractivity contribution in [2.24, 2.45) is 0 Å². The van der Waals surface area contributed by atoms with Crippen LogP contribution in [0.4, 0.5) is 14.9 Å². The highest BCUT2D eigenvalue weighted by Gasteiger charge is 2.35. The van der Waals surface area contributed by atoms with Crippen LogP contribution in [0.15, 0.2) is 42.6 Å². The summed E-state index contributed by atoms with van der Waals surface area (Å²) in [4.78, 5) is 35.4. The zero-order valence-corrected chi connectivity index (χ0v) is 17.4. The third kappa shape index (κ3) is 3.16. The highest BCUT2D eigenvalue weighted by Crippen LogP contribution is 2.40. The second-order valence-corrected chi connectivity index (χ2v) is 7.75. The summed E-state index contributed by atoms with van der Waals surface area (Å²) in [5.41, 5.74) is 4.47. The summed E-state index contributed by atoms with van der Waals surface area (Å²) in [7, 11) is 5.10. The third-order valence-corrected chi connectivity index (χ3v) is 5.52. The van der Waals surface area contributed by atoms with Crippen molar-refractivity contribution in [1.29, 1.82) is 0 Å². The predicted octanol–water partition coefficient (Wildman–Crippen LogP) is 3.96. The molecule has 1 aliphatic rings. The molecular weight excluding hydrogens is 383 g/mol. The maximum absolute atomic E-state index is 13.3. The van der Waals surface area contributed by atoms with Gasteiger partial charge in [-0.15, -0.1) is 0 Å². The number of halogens is 1. The van der Waals surface area contributed by atoms with E-state index in [1.54, 1.807) is 49.3 Å². The van der Waals surface area contributed by atoms with Crippen LogP contribution in [0.5, 0.6) is 0 Å². The third-order valence-electron chi connectivity index (χ3n) is 5.52. The van der Waals surface area contributed by atoms with Crippen molar-refractivity contribution in [2.45, 2.75) is 20.0 Å². The van der Waals surface area contributed by atoms with Gasteiger partial charge in [-0.3, -0.25) is 14.7 Å². The highest BCUT2D eigenvalue weighted by molar-refractivity contribution is 6.12. The molecule has 7 heteroatoms. The molecule has 2 heterocycles.